The van der Waals surface area contributed by atoms with Crippen LogP contribution in [0.4, 0.5) is 0 Å². The molecule has 2 unspecified atom stereocenters. The highest BCUT2D eigenvalue weighted by Gasteiger charge is 2.18. The number of likely N-dealkylation sites (N-methyl/N-ethyl adjacent to an activating group) is 1. The summed E-state index contributed by atoms with van der Waals surface area (Å²) in [5, 5.41) is 0. The number of nitrogens with zero attached hydrogens (tertiary/aromatic N) is 1. The van der Waals surface area contributed by atoms with Crippen LogP contribution in [0, 0.1) is 0 Å². The predicted octanol–water partition coefficient (Wildman–Crippen LogP) is 1.29. The molecule has 2 atom stereocenters. The average Bonchev–Trinajstić information content (AvgIpc) is 2.36. The predicted molar refractivity (Wildman–Crippen MR) is 76.5 cm³/mol. The maximum Gasteiger partial charge on any atom is 0.119 e. The molecule has 1 aliphatic heterocycles. The van der Waals surface area contributed by atoms with Crippen LogP contribution in [0.3, 0.4) is 0 Å². The minimum absolute atomic E-state index is 0.163. The zero-order chi connectivity index (χ0) is 13.7. The van der Waals surface area contributed by atoms with Gasteiger partial charge in [-0.1, -0.05) is 12.1 Å². The molecular formula is C15H24N2O2. The molecule has 0 aromatic heterocycles. The monoisotopic (exact) mass is 264 g/mol. The molecule has 106 valence electrons. The Bertz CT molecular complexity index is 395. The molecule has 1 aromatic carbocycles. The summed E-state index contributed by atoms with van der Waals surface area (Å²) in [4.78, 5) is 2.27. The van der Waals surface area contributed by atoms with Crippen LogP contribution in [0.1, 0.15) is 12.5 Å². The summed E-state index contributed by atoms with van der Waals surface area (Å²) in [6, 6.07) is 8.32. The molecule has 0 radical (unpaired) electrons. The van der Waals surface area contributed by atoms with Gasteiger partial charge >= 0.3 is 0 Å². The van der Waals surface area contributed by atoms with Crippen LogP contribution >= 0.6 is 0 Å². The number of nitrogens with two attached hydrogens (primary N) is 1. The van der Waals surface area contributed by atoms with Gasteiger partial charge in [-0.25, -0.2) is 0 Å². The lowest BCUT2D eigenvalue weighted by Gasteiger charge is -2.29. The van der Waals surface area contributed by atoms with Crippen LogP contribution in [0.5, 0.6) is 5.75 Å². The second-order valence-corrected chi connectivity index (χ2v) is 5.39. The smallest absolute Gasteiger partial charge is 0.119 e. The van der Waals surface area contributed by atoms with Crippen molar-refractivity contribution in [1.82, 2.24) is 4.90 Å². The molecule has 1 saturated heterocycles. The zero-order valence-corrected chi connectivity index (χ0v) is 11.8. The van der Waals surface area contributed by atoms with Crippen molar-refractivity contribution in [3.63, 3.8) is 0 Å². The van der Waals surface area contributed by atoms with E-state index in [1.54, 1.807) is 0 Å². The highest BCUT2D eigenvalue weighted by molar-refractivity contribution is 5.29. The van der Waals surface area contributed by atoms with E-state index in [2.05, 4.69) is 24.1 Å². The van der Waals surface area contributed by atoms with Crippen LogP contribution in [0.2, 0.25) is 0 Å². The third-order valence-corrected chi connectivity index (χ3v) is 3.23. The number of morpholine rings is 1. The van der Waals surface area contributed by atoms with Gasteiger partial charge in [-0.05, 0) is 38.1 Å². The summed E-state index contributed by atoms with van der Waals surface area (Å²) >= 11 is 0. The number of ether oxygens (including phenoxy) is 2. The molecule has 0 saturated carbocycles. The van der Waals surface area contributed by atoms with Crippen LogP contribution in [-0.2, 0) is 11.2 Å². The van der Waals surface area contributed by atoms with Crippen molar-refractivity contribution in [2.24, 2.45) is 5.73 Å². The van der Waals surface area contributed by atoms with Gasteiger partial charge in [0, 0.05) is 19.1 Å². The van der Waals surface area contributed by atoms with E-state index in [0.29, 0.717) is 6.61 Å². The van der Waals surface area contributed by atoms with E-state index in [1.165, 1.54) is 5.56 Å². The Morgan fingerprint density at radius 3 is 3.11 bits per heavy atom. The van der Waals surface area contributed by atoms with Gasteiger partial charge in [-0.3, -0.25) is 0 Å². The van der Waals surface area contributed by atoms with Gasteiger partial charge in [-0.15, -0.1) is 0 Å². The van der Waals surface area contributed by atoms with Crippen molar-refractivity contribution in [3.8, 4) is 5.75 Å². The fourth-order valence-electron chi connectivity index (χ4n) is 2.29. The first-order valence-corrected chi connectivity index (χ1v) is 6.91. The molecule has 4 nitrogen and oxygen atoms in total. The Labute approximate surface area is 115 Å². The SMILES string of the molecule is CC(N)Cc1cccc(OCC2CN(C)CCO2)c1. The van der Waals surface area contributed by atoms with Gasteiger partial charge in [0.25, 0.3) is 0 Å². The fourth-order valence-corrected chi connectivity index (χ4v) is 2.29. The van der Waals surface area contributed by atoms with E-state index in [1.807, 2.05) is 19.1 Å². The minimum Gasteiger partial charge on any atom is -0.491 e. The van der Waals surface area contributed by atoms with Crippen molar-refractivity contribution >= 4 is 0 Å². The Balaban J connectivity index is 1.85. The van der Waals surface area contributed by atoms with E-state index < -0.39 is 0 Å². The van der Waals surface area contributed by atoms with Crippen molar-refractivity contribution < 1.29 is 9.47 Å². The lowest BCUT2D eigenvalue weighted by molar-refractivity contribution is -0.0403. The Morgan fingerprint density at radius 2 is 2.37 bits per heavy atom. The number of rotatable bonds is 5. The first-order valence-electron chi connectivity index (χ1n) is 6.91. The Kier molecular flexibility index (Phi) is 5.19. The molecular weight excluding hydrogens is 240 g/mol. The summed E-state index contributed by atoms with van der Waals surface area (Å²) in [6.45, 7) is 5.33. The summed E-state index contributed by atoms with van der Waals surface area (Å²) in [5.41, 5.74) is 7.03. The zero-order valence-electron chi connectivity index (χ0n) is 11.8. The van der Waals surface area contributed by atoms with Gasteiger partial charge < -0.3 is 20.1 Å². The fraction of sp³-hybridized carbons (Fsp3) is 0.600. The van der Waals surface area contributed by atoms with Crippen molar-refractivity contribution in [2.45, 2.75) is 25.5 Å². The molecule has 0 aliphatic carbocycles. The van der Waals surface area contributed by atoms with E-state index in [9.17, 15) is 0 Å². The Morgan fingerprint density at radius 1 is 1.53 bits per heavy atom. The largest absolute Gasteiger partial charge is 0.491 e. The normalized spacial score (nSPS) is 22.2. The summed E-state index contributed by atoms with van der Waals surface area (Å²) in [5.74, 6) is 0.898. The molecule has 4 heteroatoms. The molecule has 1 fully saturated rings. The van der Waals surface area contributed by atoms with Gasteiger partial charge in [0.1, 0.15) is 18.5 Å². The van der Waals surface area contributed by atoms with Crippen LogP contribution < -0.4 is 10.5 Å². The van der Waals surface area contributed by atoms with Crippen LogP contribution in [0.15, 0.2) is 24.3 Å². The molecule has 1 aromatic rings. The van der Waals surface area contributed by atoms with Crippen molar-refractivity contribution in [3.05, 3.63) is 29.8 Å². The van der Waals surface area contributed by atoms with E-state index in [4.69, 9.17) is 15.2 Å². The van der Waals surface area contributed by atoms with Crippen LogP contribution in [-0.4, -0.2) is 50.4 Å². The van der Waals surface area contributed by atoms with Gasteiger partial charge in [-0.2, -0.15) is 0 Å². The molecule has 0 amide bonds. The summed E-state index contributed by atoms with van der Waals surface area (Å²) in [7, 11) is 2.11. The lowest BCUT2D eigenvalue weighted by Crippen LogP contribution is -2.42. The van der Waals surface area contributed by atoms with E-state index in [-0.39, 0.29) is 12.1 Å². The summed E-state index contributed by atoms with van der Waals surface area (Å²) in [6.07, 6.45) is 1.04. The summed E-state index contributed by atoms with van der Waals surface area (Å²) < 4.78 is 11.5. The van der Waals surface area contributed by atoms with E-state index >= 15 is 0 Å². The molecule has 19 heavy (non-hydrogen) atoms. The molecule has 1 aliphatic rings. The first kappa shape index (κ1) is 14.3. The number of hydrogen-bond donors (Lipinski definition) is 1. The van der Waals surface area contributed by atoms with Crippen molar-refractivity contribution in [2.75, 3.05) is 33.4 Å². The third kappa shape index (κ3) is 4.82. The maximum absolute atomic E-state index is 5.82. The Hall–Kier alpha value is -1.10. The molecule has 2 N–H and O–H groups in total. The van der Waals surface area contributed by atoms with Gasteiger partial charge in [0.2, 0.25) is 0 Å². The molecule has 0 spiro atoms. The van der Waals surface area contributed by atoms with Crippen molar-refractivity contribution in [1.29, 1.82) is 0 Å². The quantitative estimate of drug-likeness (QED) is 0.870. The first-order chi connectivity index (χ1) is 9.13. The van der Waals surface area contributed by atoms with Gasteiger partial charge in [0.05, 0.1) is 6.61 Å². The van der Waals surface area contributed by atoms with E-state index in [0.717, 1.165) is 31.9 Å². The number of hydrogen-bond acceptors (Lipinski definition) is 4. The second kappa shape index (κ2) is 6.89. The molecule has 1 heterocycles. The average molecular weight is 264 g/mol. The lowest BCUT2D eigenvalue weighted by atomic mass is 10.1. The topological polar surface area (TPSA) is 47.7 Å². The highest BCUT2D eigenvalue weighted by Crippen LogP contribution is 2.15. The van der Waals surface area contributed by atoms with Gasteiger partial charge in [0.15, 0.2) is 0 Å². The molecule has 2 rings (SSSR count). The highest BCUT2D eigenvalue weighted by atomic mass is 16.5. The van der Waals surface area contributed by atoms with Crippen LogP contribution in [0.25, 0.3) is 0 Å². The number of benzene rings is 1. The minimum atomic E-state index is 0.163. The standard InChI is InChI=1S/C15H24N2O2/c1-12(16)8-13-4-3-5-14(9-13)19-11-15-10-17(2)6-7-18-15/h3-5,9,12,15H,6-8,10-11,16H2,1-2H3. The third-order valence-electron chi connectivity index (χ3n) is 3.23. The molecule has 0 bridgehead atoms. The second-order valence-electron chi connectivity index (χ2n) is 5.39. The maximum atomic E-state index is 5.82.